The molecular formula is C35H52F2O. The molecule has 0 spiro atoms. The monoisotopic (exact) mass is 526 g/mol. The first-order chi connectivity index (χ1) is 18.6. The van der Waals surface area contributed by atoms with Gasteiger partial charge in [-0.05, 0) is 99.5 Å². The molecule has 2 atom stereocenters. The molecule has 2 saturated carbocycles. The smallest absolute Gasteiger partial charge is 0.201 e. The molecule has 38 heavy (non-hydrogen) atoms. The van der Waals surface area contributed by atoms with E-state index < -0.39 is 11.6 Å². The normalized spacial score (nSPS) is 30.1. The van der Waals surface area contributed by atoms with Crippen molar-refractivity contribution >= 4 is 6.08 Å². The van der Waals surface area contributed by atoms with E-state index in [0.29, 0.717) is 24.0 Å². The molecule has 0 bridgehead atoms. The van der Waals surface area contributed by atoms with Gasteiger partial charge in [0.2, 0.25) is 5.82 Å². The SMILES string of the molecule is CCCCCC1CCC(C2CCC(C=Cc3ccc(OCC4C=CC(CCC)CC4)c(F)c3F)CC2)CC1. The zero-order chi connectivity index (χ0) is 26.7. The summed E-state index contributed by atoms with van der Waals surface area (Å²) in [5.41, 5.74) is 0.332. The Bertz CT molecular complexity index is 889. The highest BCUT2D eigenvalue weighted by Gasteiger charge is 2.30. The van der Waals surface area contributed by atoms with Gasteiger partial charge in [0.05, 0.1) is 6.61 Å². The summed E-state index contributed by atoms with van der Waals surface area (Å²) >= 11 is 0. The third-order valence-corrected chi connectivity index (χ3v) is 9.89. The second kappa shape index (κ2) is 15.2. The third kappa shape index (κ3) is 8.43. The van der Waals surface area contributed by atoms with Gasteiger partial charge in [-0.2, -0.15) is 4.39 Å². The molecule has 4 rings (SSSR count). The van der Waals surface area contributed by atoms with E-state index in [1.165, 1.54) is 89.9 Å². The van der Waals surface area contributed by atoms with Crippen molar-refractivity contribution in [2.75, 3.05) is 6.61 Å². The van der Waals surface area contributed by atoms with Gasteiger partial charge in [-0.1, -0.05) is 83.1 Å². The summed E-state index contributed by atoms with van der Waals surface area (Å²) in [7, 11) is 0. The number of unbranched alkanes of at least 4 members (excludes halogenated alkanes) is 2. The van der Waals surface area contributed by atoms with E-state index >= 15 is 0 Å². The van der Waals surface area contributed by atoms with Crippen LogP contribution in [0.1, 0.15) is 122 Å². The van der Waals surface area contributed by atoms with Gasteiger partial charge in [-0.15, -0.1) is 0 Å². The Morgan fingerprint density at radius 3 is 2.08 bits per heavy atom. The Morgan fingerprint density at radius 1 is 0.737 bits per heavy atom. The number of halogens is 2. The summed E-state index contributed by atoms with van der Waals surface area (Å²) in [6, 6.07) is 3.27. The van der Waals surface area contributed by atoms with E-state index in [1.54, 1.807) is 18.2 Å². The number of hydrogen-bond acceptors (Lipinski definition) is 1. The molecule has 1 nitrogen and oxygen atoms in total. The van der Waals surface area contributed by atoms with Crippen LogP contribution in [0.3, 0.4) is 0 Å². The van der Waals surface area contributed by atoms with Crippen LogP contribution in [-0.4, -0.2) is 6.61 Å². The predicted octanol–water partition coefficient (Wildman–Crippen LogP) is 10.9. The van der Waals surface area contributed by atoms with Gasteiger partial charge in [0.15, 0.2) is 11.6 Å². The number of benzene rings is 1. The molecule has 0 N–H and O–H groups in total. The molecule has 2 unspecified atom stereocenters. The van der Waals surface area contributed by atoms with Crippen LogP contribution in [0.25, 0.3) is 6.08 Å². The molecular weight excluding hydrogens is 474 g/mol. The average molecular weight is 527 g/mol. The summed E-state index contributed by atoms with van der Waals surface area (Å²) < 4.78 is 35.3. The maximum Gasteiger partial charge on any atom is 0.201 e. The number of rotatable bonds is 12. The average Bonchev–Trinajstić information content (AvgIpc) is 2.95. The highest BCUT2D eigenvalue weighted by molar-refractivity contribution is 5.52. The summed E-state index contributed by atoms with van der Waals surface area (Å²) in [6.07, 6.45) is 29.3. The Kier molecular flexibility index (Phi) is 11.8. The van der Waals surface area contributed by atoms with E-state index in [0.717, 1.165) is 30.6 Å². The fourth-order valence-electron chi connectivity index (χ4n) is 7.35. The summed E-state index contributed by atoms with van der Waals surface area (Å²) in [6.45, 7) is 4.91. The van der Waals surface area contributed by atoms with Crippen LogP contribution >= 0.6 is 0 Å². The molecule has 2 fully saturated rings. The third-order valence-electron chi connectivity index (χ3n) is 9.89. The van der Waals surface area contributed by atoms with Crippen LogP contribution in [0.4, 0.5) is 8.78 Å². The second-order valence-electron chi connectivity index (χ2n) is 12.7. The van der Waals surface area contributed by atoms with E-state index in [-0.39, 0.29) is 11.7 Å². The Morgan fingerprint density at radius 2 is 1.42 bits per heavy atom. The zero-order valence-electron chi connectivity index (χ0n) is 24.1. The molecule has 3 aliphatic carbocycles. The first-order valence-corrected chi connectivity index (χ1v) is 16.0. The number of allylic oxidation sites excluding steroid dienone is 2. The summed E-state index contributed by atoms with van der Waals surface area (Å²) in [5, 5.41) is 0. The molecule has 0 saturated heterocycles. The quantitative estimate of drug-likeness (QED) is 0.194. The predicted molar refractivity (Wildman–Crippen MR) is 156 cm³/mol. The lowest BCUT2D eigenvalue weighted by atomic mass is 9.68. The molecule has 0 amide bonds. The highest BCUT2D eigenvalue weighted by atomic mass is 19.2. The molecule has 0 aliphatic heterocycles. The largest absolute Gasteiger partial charge is 0.490 e. The number of hydrogen-bond donors (Lipinski definition) is 0. The van der Waals surface area contributed by atoms with Gasteiger partial charge in [0.1, 0.15) is 0 Å². The standard InChI is InChI=1S/C35H52F2O/c1-3-5-6-8-27-13-18-30(19-14-27)31-20-15-28(16-21-31)17-22-32-23-24-33(35(37)34(32)36)38-25-29-11-9-26(7-4-2)10-12-29/h9,11,17,22-24,26-31H,3-8,10,12-16,18-21,25H2,1-2H3. The highest BCUT2D eigenvalue weighted by Crippen LogP contribution is 2.42. The van der Waals surface area contributed by atoms with Crippen LogP contribution in [0.15, 0.2) is 30.4 Å². The minimum Gasteiger partial charge on any atom is -0.490 e. The molecule has 0 heterocycles. The summed E-state index contributed by atoms with van der Waals surface area (Å²) in [4.78, 5) is 0. The zero-order valence-corrected chi connectivity index (χ0v) is 24.1. The van der Waals surface area contributed by atoms with E-state index in [2.05, 4.69) is 32.1 Å². The first kappa shape index (κ1) is 29.3. The van der Waals surface area contributed by atoms with Crippen molar-refractivity contribution in [3.63, 3.8) is 0 Å². The topological polar surface area (TPSA) is 9.23 Å². The molecule has 212 valence electrons. The molecule has 0 aromatic heterocycles. The van der Waals surface area contributed by atoms with Crippen molar-refractivity contribution in [1.82, 2.24) is 0 Å². The number of ether oxygens (including phenoxy) is 1. The van der Waals surface area contributed by atoms with Gasteiger partial charge in [0.25, 0.3) is 0 Å². The maximum absolute atomic E-state index is 14.8. The maximum atomic E-state index is 14.8. The molecule has 1 aromatic carbocycles. The van der Waals surface area contributed by atoms with Crippen molar-refractivity contribution < 1.29 is 13.5 Å². The Hall–Kier alpha value is -1.64. The Labute approximate surface area is 231 Å². The Balaban J connectivity index is 1.20. The summed E-state index contributed by atoms with van der Waals surface area (Å²) in [5.74, 6) is 2.57. The van der Waals surface area contributed by atoms with Crippen molar-refractivity contribution in [1.29, 1.82) is 0 Å². The van der Waals surface area contributed by atoms with E-state index in [9.17, 15) is 8.78 Å². The van der Waals surface area contributed by atoms with Crippen molar-refractivity contribution in [3.05, 3.63) is 47.6 Å². The second-order valence-corrected chi connectivity index (χ2v) is 12.7. The van der Waals surface area contributed by atoms with Crippen LogP contribution < -0.4 is 4.74 Å². The van der Waals surface area contributed by atoms with Crippen molar-refractivity contribution in [2.45, 2.75) is 117 Å². The minimum absolute atomic E-state index is 0.0318. The van der Waals surface area contributed by atoms with Gasteiger partial charge in [0, 0.05) is 11.5 Å². The fourth-order valence-corrected chi connectivity index (χ4v) is 7.35. The molecule has 3 aliphatic rings. The molecule has 1 aromatic rings. The van der Waals surface area contributed by atoms with Crippen molar-refractivity contribution in [3.8, 4) is 5.75 Å². The molecule has 3 heteroatoms. The minimum atomic E-state index is -0.857. The fraction of sp³-hybridized carbons (Fsp3) is 0.714. The lowest BCUT2D eigenvalue weighted by molar-refractivity contribution is 0.151. The van der Waals surface area contributed by atoms with Crippen molar-refractivity contribution in [2.24, 2.45) is 35.5 Å². The van der Waals surface area contributed by atoms with E-state index in [4.69, 9.17) is 4.74 Å². The van der Waals surface area contributed by atoms with Gasteiger partial charge in [-0.25, -0.2) is 4.39 Å². The lowest BCUT2D eigenvalue weighted by Crippen LogP contribution is -2.25. The van der Waals surface area contributed by atoms with Gasteiger partial charge < -0.3 is 4.74 Å². The van der Waals surface area contributed by atoms with Crippen LogP contribution in [0, 0.1) is 47.1 Å². The van der Waals surface area contributed by atoms with Gasteiger partial charge in [-0.3, -0.25) is 0 Å². The first-order valence-electron chi connectivity index (χ1n) is 16.0. The lowest BCUT2D eigenvalue weighted by Gasteiger charge is -2.37. The van der Waals surface area contributed by atoms with Crippen LogP contribution in [0.5, 0.6) is 5.75 Å². The van der Waals surface area contributed by atoms with Crippen LogP contribution in [0.2, 0.25) is 0 Å². The van der Waals surface area contributed by atoms with E-state index in [1.807, 2.05) is 0 Å². The van der Waals surface area contributed by atoms with Crippen LogP contribution in [-0.2, 0) is 0 Å². The molecule has 0 radical (unpaired) electrons. The van der Waals surface area contributed by atoms with Gasteiger partial charge >= 0.3 is 0 Å².